The number of hydrogen-bond donors (Lipinski definition) is 1. The molecule has 0 aliphatic carbocycles. The Kier molecular flexibility index (Phi) is 6.69. The minimum absolute atomic E-state index is 0.183. The maximum atomic E-state index is 12.1. The Bertz CT molecular complexity index is 1170. The molecule has 4 rings (SSSR count). The van der Waals surface area contributed by atoms with Crippen molar-refractivity contribution in [2.75, 3.05) is 11.9 Å². The van der Waals surface area contributed by atoms with Gasteiger partial charge in [-0.1, -0.05) is 43.3 Å². The van der Waals surface area contributed by atoms with E-state index < -0.39 is 11.9 Å². The standard InChI is InChI=1S/C23H21N3O3S2/c1-2-15-7-9-16(10-8-15)18-14-30-23(25-18)26-20(27)13-29-22(28)12-11-21-24-17-5-3-4-6-19(17)31-21/h3-10,14H,2,11-13H2,1H3,(H,25,26,27). The van der Waals surface area contributed by atoms with E-state index in [4.69, 9.17) is 4.74 Å². The number of rotatable bonds is 8. The number of para-hydroxylation sites is 1. The lowest BCUT2D eigenvalue weighted by Gasteiger charge is -2.04. The molecule has 0 radical (unpaired) electrons. The van der Waals surface area contributed by atoms with Crippen LogP contribution in [0.25, 0.3) is 21.5 Å². The molecule has 0 aliphatic rings. The van der Waals surface area contributed by atoms with E-state index in [2.05, 4.69) is 34.3 Å². The van der Waals surface area contributed by atoms with Crippen LogP contribution in [0.1, 0.15) is 23.9 Å². The smallest absolute Gasteiger partial charge is 0.306 e. The lowest BCUT2D eigenvalue weighted by atomic mass is 10.1. The topological polar surface area (TPSA) is 81.2 Å². The molecule has 2 heterocycles. The monoisotopic (exact) mass is 451 g/mol. The van der Waals surface area contributed by atoms with Crippen LogP contribution in [0.2, 0.25) is 0 Å². The van der Waals surface area contributed by atoms with Crippen LogP contribution in [-0.2, 0) is 27.2 Å². The predicted octanol–water partition coefficient (Wildman–Crippen LogP) is 5.10. The molecule has 8 heteroatoms. The number of carbonyl (C=O) groups is 2. The van der Waals surface area contributed by atoms with Gasteiger partial charge in [-0.3, -0.25) is 14.9 Å². The fourth-order valence-corrected chi connectivity index (χ4v) is 4.69. The highest BCUT2D eigenvalue weighted by atomic mass is 32.1. The van der Waals surface area contributed by atoms with Gasteiger partial charge in [0.2, 0.25) is 0 Å². The van der Waals surface area contributed by atoms with Gasteiger partial charge in [-0.25, -0.2) is 9.97 Å². The lowest BCUT2D eigenvalue weighted by molar-refractivity contribution is -0.147. The zero-order valence-corrected chi connectivity index (χ0v) is 18.6. The average Bonchev–Trinajstić information content (AvgIpc) is 3.43. The minimum Gasteiger partial charge on any atom is -0.456 e. The van der Waals surface area contributed by atoms with Crippen LogP contribution in [-0.4, -0.2) is 28.5 Å². The first-order valence-corrected chi connectivity index (χ1v) is 11.6. The van der Waals surface area contributed by atoms with Gasteiger partial charge in [0.05, 0.1) is 27.3 Å². The molecule has 6 nitrogen and oxygen atoms in total. The molecule has 0 fully saturated rings. The first kappa shape index (κ1) is 21.1. The van der Waals surface area contributed by atoms with Crippen molar-refractivity contribution in [3.8, 4) is 11.3 Å². The van der Waals surface area contributed by atoms with Crippen molar-refractivity contribution in [2.45, 2.75) is 26.2 Å². The van der Waals surface area contributed by atoms with Gasteiger partial charge in [0.25, 0.3) is 5.91 Å². The van der Waals surface area contributed by atoms with Gasteiger partial charge >= 0.3 is 5.97 Å². The molecule has 0 unspecified atom stereocenters. The number of amides is 1. The van der Waals surface area contributed by atoms with Gasteiger partial charge in [-0.05, 0) is 24.1 Å². The molecular formula is C23H21N3O3S2. The largest absolute Gasteiger partial charge is 0.456 e. The first-order chi connectivity index (χ1) is 15.1. The number of carbonyl (C=O) groups excluding carboxylic acids is 2. The number of fused-ring (bicyclic) bond motifs is 1. The van der Waals surface area contributed by atoms with Crippen LogP contribution in [0.15, 0.2) is 53.9 Å². The van der Waals surface area contributed by atoms with Crippen LogP contribution in [0, 0.1) is 0 Å². The van der Waals surface area contributed by atoms with E-state index in [0.29, 0.717) is 11.6 Å². The Morgan fingerprint density at radius 2 is 1.87 bits per heavy atom. The summed E-state index contributed by atoms with van der Waals surface area (Å²) < 4.78 is 6.18. The van der Waals surface area contributed by atoms with Crippen LogP contribution >= 0.6 is 22.7 Å². The SMILES string of the molecule is CCc1ccc(-c2csc(NC(=O)COC(=O)CCc3nc4ccccc4s3)n2)cc1. The zero-order valence-electron chi connectivity index (χ0n) is 17.0. The Labute approximate surface area is 187 Å². The minimum atomic E-state index is -0.426. The lowest BCUT2D eigenvalue weighted by Crippen LogP contribution is -2.21. The summed E-state index contributed by atoms with van der Waals surface area (Å²) in [5.41, 5.74) is 3.99. The fraction of sp³-hybridized carbons (Fsp3) is 0.217. The summed E-state index contributed by atoms with van der Waals surface area (Å²) in [6, 6.07) is 16.0. The highest BCUT2D eigenvalue weighted by molar-refractivity contribution is 7.18. The molecule has 1 N–H and O–H groups in total. The third-order valence-corrected chi connectivity index (χ3v) is 6.51. The molecule has 158 valence electrons. The summed E-state index contributed by atoms with van der Waals surface area (Å²) >= 11 is 2.90. The van der Waals surface area contributed by atoms with Gasteiger partial charge < -0.3 is 4.74 Å². The number of aromatic nitrogens is 2. The number of nitrogens with one attached hydrogen (secondary N) is 1. The summed E-state index contributed by atoms with van der Waals surface area (Å²) in [6.07, 6.45) is 1.66. The Hall–Kier alpha value is -3.10. The molecule has 31 heavy (non-hydrogen) atoms. The average molecular weight is 452 g/mol. The number of aryl methyl sites for hydroxylation is 2. The van der Waals surface area contributed by atoms with Crippen LogP contribution in [0.4, 0.5) is 5.13 Å². The Morgan fingerprint density at radius 3 is 2.65 bits per heavy atom. The first-order valence-electron chi connectivity index (χ1n) is 9.95. The maximum Gasteiger partial charge on any atom is 0.306 e. The summed E-state index contributed by atoms with van der Waals surface area (Å²) in [7, 11) is 0. The van der Waals surface area contributed by atoms with Crippen molar-refractivity contribution in [3.63, 3.8) is 0 Å². The molecule has 1 amide bonds. The molecule has 2 aromatic carbocycles. The highest BCUT2D eigenvalue weighted by Gasteiger charge is 2.12. The van der Waals surface area contributed by atoms with Gasteiger partial charge in [-0.15, -0.1) is 22.7 Å². The van der Waals surface area contributed by atoms with Gasteiger partial charge in [0.1, 0.15) is 0 Å². The predicted molar refractivity (Wildman–Crippen MR) is 124 cm³/mol. The summed E-state index contributed by atoms with van der Waals surface area (Å²) in [5, 5.41) is 5.93. The summed E-state index contributed by atoms with van der Waals surface area (Å²) in [4.78, 5) is 33.0. The van der Waals surface area contributed by atoms with Gasteiger partial charge in [0.15, 0.2) is 11.7 Å². The summed E-state index contributed by atoms with van der Waals surface area (Å²) in [5.74, 6) is -0.833. The second-order valence-electron chi connectivity index (χ2n) is 6.87. The van der Waals surface area contributed by atoms with E-state index in [-0.39, 0.29) is 13.0 Å². The second kappa shape index (κ2) is 9.80. The molecule has 4 aromatic rings. The number of nitrogens with zero attached hydrogens (tertiary/aromatic N) is 2. The van der Waals surface area contributed by atoms with Crippen molar-refractivity contribution in [1.29, 1.82) is 0 Å². The molecule has 0 atom stereocenters. The fourth-order valence-electron chi connectivity index (χ4n) is 2.98. The highest BCUT2D eigenvalue weighted by Crippen LogP contribution is 2.25. The number of thiazole rings is 2. The third kappa shape index (κ3) is 5.53. The number of esters is 1. The van der Waals surface area contributed by atoms with Crippen molar-refractivity contribution in [3.05, 3.63) is 64.5 Å². The molecule has 0 saturated carbocycles. The normalized spacial score (nSPS) is 10.9. The maximum absolute atomic E-state index is 12.1. The number of ether oxygens (including phenoxy) is 1. The van der Waals surface area contributed by atoms with E-state index >= 15 is 0 Å². The second-order valence-corrected chi connectivity index (χ2v) is 8.85. The molecule has 0 bridgehead atoms. The van der Waals surface area contributed by atoms with Crippen molar-refractivity contribution in [1.82, 2.24) is 9.97 Å². The van der Waals surface area contributed by atoms with Crippen molar-refractivity contribution >= 4 is 49.9 Å². The number of anilines is 1. The molecule has 2 aromatic heterocycles. The van der Waals surface area contributed by atoms with E-state index in [1.807, 2.05) is 41.8 Å². The van der Waals surface area contributed by atoms with E-state index in [9.17, 15) is 9.59 Å². The van der Waals surface area contributed by atoms with Gasteiger partial charge in [-0.2, -0.15) is 0 Å². The van der Waals surface area contributed by atoms with Crippen molar-refractivity contribution < 1.29 is 14.3 Å². The van der Waals surface area contributed by atoms with Crippen LogP contribution in [0.5, 0.6) is 0 Å². The molecule has 0 aliphatic heterocycles. The zero-order chi connectivity index (χ0) is 21.6. The van der Waals surface area contributed by atoms with E-state index in [0.717, 1.165) is 32.9 Å². The number of benzene rings is 2. The molecule has 0 spiro atoms. The molecule has 0 saturated heterocycles. The van der Waals surface area contributed by atoms with E-state index in [1.54, 1.807) is 11.3 Å². The molecular weight excluding hydrogens is 430 g/mol. The summed E-state index contributed by atoms with van der Waals surface area (Å²) in [6.45, 7) is 1.78. The Morgan fingerprint density at radius 1 is 1.06 bits per heavy atom. The third-order valence-electron chi connectivity index (χ3n) is 4.65. The van der Waals surface area contributed by atoms with E-state index in [1.165, 1.54) is 16.9 Å². The van der Waals surface area contributed by atoms with Crippen molar-refractivity contribution in [2.24, 2.45) is 0 Å². The quantitative estimate of drug-likeness (QED) is 0.377. The van der Waals surface area contributed by atoms with Gasteiger partial charge in [0, 0.05) is 17.4 Å². The Balaban J connectivity index is 1.23. The van der Waals surface area contributed by atoms with Crippen LogP contribution < -0.4 is 5.32 Å². The number of hydrogen-bond acceptors (Lipinski definition) is 7. The van der Waals surface area contributed by atoms with Crippen LogP contribution in [0.3, 0.4) is 0 Å².